The van der Waals surface area contributed by atoms with Crippen LogP contribution in [0.1, 0.15) is 23.2 Å². The Labute approximate surface area is 105 Å². The van der Waals surface area contributed by atoms with E-state index in [-0.39, 0.29) is 11.5 Å². The lowest BCUT2D eigenvalue weighted by atomic mass is 10.2. The summed E-state index contributed by atoms with van der Waals surface area (Å²) >= 11 is 9.06. The van der Waals surface area contributed by atoms with E-state index < -0.39 is 0 Å². The maximum absolute atomic E-state index is 12.1. The molecule has 0 saturated heterocycles. The van der Waals surface area contributed by atoms with Gasteiger partial charge in [0.05, 0.1) is 11.2 Å². The number of hydrogen-bond acceptors (Lipinski definition) is 3. The third kappa shape index (κ3) is 1.92. The zero-order chi connectivity index (χ0) is 11.7. The molecule has 4 nitrogen and oxygen atoms in total. The molecule has 84 valence electrons. The van der Waals surface area contributed by atoms with Gasteiger partial charge in [0.2, 0.25) is 5.78 Å². The Morgan fingerprint density at radius 3 is 2.94 bits per heavy atom. The van der Waals surface area contributed by atoms with E-state index in [1.165, 1.54) is 6.20 Å². The van der Waals surface area contributed by atoms with E-state index in [1.807, 2.05) is 6.92 Å². The standard InChI is InChI=1S/C10H8BrClN2O2/c1-2-14-9(6(12)5-13-14)10(15)7-3-4-8(11)16-7/h3-5H,2H2,1H3. The maximum Gasteiger partial charge on any atom is 0.247 e. The minimum Gasteiger partial charge on any atom is -0.446 e. The number of carbonyl (C=O) groups is 1. The number of nitrogens with zero attached hydrogens (tertiary/aromatic N) is 2. The van der Waals surface area contributed by atoms with Crippen molar-refractivity contribution in [1.29, 1.82) is 0 Å². The van der Waals surface area contributed by atoms with Crippen molar-refractivity contribution in [3.05, 3.63) is 39.5 Å². The van der Waals surface area contributed by atoms with Crippen LogP contribution >= 0.6 is 27.5 Å². The molecule has 0 aliphatic carbocycles. The van der Waals surface area contributed by atoms with Crippen molar-refractivity contribution in [3.63, 3.8) is 0 Å². The van der Waals surface area contributed by atoms with Crippen LogP contribution in [0.3, 0.4) is 0 Å². The lowest BCUT2D eigenvalue weighted by Crippen LogP contribution is -2.10. The summed E-state index contributed by atoms with van der Waals surface area (Å²) in [6.45, 7) is 2.47. The molecule has 0 aliphatic rings. The summed E-state index contributed by atoms with van der Waals surface area (Å²) in [6.07, 6.45) is 1.45. The van der Waals surface area contributed by atoms with Gasteiger partial charge in [0, 0.05) is 6.54 Å². The summed E-state index contributed by atoms with van der Waals surface area (Å²) in [5.74, 6) is -0.0287. The van der Waals surface area contributed by atoms with Gasteiger partial charge in [-0.25, -0.2) is 0 Å². The van der Waals surface area contributed by atoms with E-state index in [2.05, 4.69) is 21.0 Å². The Hall–Kier alpha value is -1.07. The lowest BCUT2D eigenvalue weighted by Gasteiger charge is -2.01. The summed E-state index contributed by atoms with van der Waals surface area (Å²) in [6, 6.07) is 3.25. The quantitative estimate of drug-likeness (QED) is 0.818. The molecule has 2 rings (SSSR count). The Morgan fingerprint density at radius 2 is 2.38 bits per heavy atom. The highest BCUT2D eigenvalue weighted by atomic mass is 79.9. The lowest BCUT2D eigenvalue weighted by molar-refractivity contribution is 0.0998. The van der Waals surface area contributed by atoms with Crippen LogP contribution < -0.4 is 0 Å². The highest BCUT2D eigenvalue weighted by molar-refractivity contribution is 9.10. The first-order valence-electron chi connectivity index (χ1n) is 4.64. The van der Waals surface area contributed by atoms with Gasteiger partial charge in [-0.2, -0.15) is 5.10 Å². The summed E-state index contributed by atoms with van der Waals surface area (Å²) in [5.41, 5.74) is 0.353. The third-order valence-electron chi connectivity index (χ3n) is 2.11. The molecule has 2 aromatic heterocycles. The first-order valence-corrected chi connectivity index (χ1v) is 5.82. The Bertz CT molecular complexity index is 533. The van der Waals surface area contributed by atoms with Gasteiger partial charge in [0.1, 0.15) is 5.69 Å². The van der Waals surface area contributed by atoms with Crippen LogP contribution in [-0.2, 0) is 6.54 Å². The second-order valence-electron chi connectivity index (χ2n) is 3.09. The third-order valence-corrected chi connectivity index (χ3v) is 2.81. The fourth-order valence-electron chi connectivity index (χ4n) is 1.38. The number of halogens is 2. The van der Waals surface area contributed by atoms with E-state index in [4.69, 9.17) is 16.0 Å². The summed E-state index contributed by atoms with van der Waals surface area (Å²) in [7, 11) is 0. The van der Waals surface area contributed by atoms with Crippen molar-refractivity contribution in [3.8, 4) is 0 Å². The number of rotatable bonds is 3. The van der Waals surface area contributed by atoms with E-state index in [0.717, 1.165) is 0 Å². The SMILES string of the molecule is CCn1ncc(Cl)c1C(=O)c1ccc(Br)o1. The Morgan fingerprint density at radius 1 is 1.62 bits per heavy atom. The van der Waals surface area contributed by atoms with Crippen LogP contribution in [0.2, 0.25) is 5.02 Å². The molecule has 2 aromatic rings. The molecule has 0 bridgehead atoms. The van der Waals surface area contributed by atoms with Crippen LogP contribution in [0.15, 0.2) is 27.4 Å². The molecule has 0 aliphatic heterocycles. The van der Waals surface area contributed by atoms with E-state index in [0.29, 0.717) is 21.9 Å². The highest BCUT2D eigenvalue weighted by Crippen LogP contribution is 2.22. The zero-order valence-corrected chi connectivity index (χ0v) is 10.7. The minimum atomic E-state index is -0.268. The van der Waals surface area contributed by atoms with Gasteiger partial charge in [-0.15, -0.1) is 0 Å². The van der Waals surface area contributed by atoms with Gasteiger partial charge in [-0.05, 0) is 35.0 Å². The summed E-state index contributed by atoms with van der Waals surface area (Å²) in [5, 5.41) is 4.33. The smallest absolute Gasteiger partial charge is 0.247 e. The van der Waals surface area contributed by atoms with E-state index in [1.54, 1.807) is 16.8 Å². The van der Waals surface area contributed by atoms with Crippen molar-refractivity contribution < 1.29 is 9.21 Å². The normalized spacial score (nSPS) is 10.7. The molecule has 2 heterocycles. The zero-order valence-electron chi connectivity index (χ0n) is 8.41. The summed E-state index contributed by atoms with van der Waals surface area (Å²) in [4.78, 5) is 12.1. The largest absolute Gasteiger partial charge is 0.446 e. The van der Waals surface area contributed by atoms with Gasteiger partial charge >= 0.3 is 0 Å². The first-order chi connectivity index (χ1) is 7.63. The second-order valence-corrected chi connectivity index (χ2v) is 4.28. The molecule has 0 fully saturated rings. The molecular formula is C10H8BrClN2O2. The fourth-order valence-corrected chi connectivity index (χ4v) is 1.91. The molecule has 0 atom stereocenters. The Kier molecular flexibility index (Phi) is 3.16. The monoisotopic (exact) mass is 302 g/mol. The fraction of sp³-hybridized carbons (Fsp3) is 0.200. The number of hydrogen-bond donors (Lipinski definition) is 0. The second kappa shape index (κ2) is 4.43. The number of ketones is 1. The van der Waals surface area contributed by atoms with E-state index in [9.17, 15) is 4.79 Å². The number of aryl methyl sites for hydroxylation is 1. The van der Waals surface area contributed by atoms with Gasteiger partial charge < -0.3 is 4.42 Å². The molecule has 0 saturated carbocycles. The molecular weight excluding hydrogens is 295 g/mol. The van der Waals surface area contributed by atoms with Gasteiger partial charge in [-0.1, -0.05) is 11.6 Å². The number of furan rings is 1. The van der Waals surface area contributed by atoms with Crippen molar-refractivity contribution in [2.75, 3.05) is 0 Å². The molecule has 16 heavy (non-hydrogen) atoms. The van der Waals surface area contributed by atoms with Crippen LogP contribution in [-0.4, -0.2) is 15.6 Å². The van der Waals surface area contributed by atoms with Crippen molar-refractivity contribution in [2.45, 2.75) is 13.5 Å². The van der Waals surface area contributed by atoms with Crippen LogP contribution in [0.25, 0.3) is 0 Å². The molecule has 0 radical (unpaired) electrons. The summed E-state index contributed by atoms with van der Waals surface area (Å²) < 4.78 is 7.24. The molecule has 0 amide bonds. The predicted octanol–water partition coefficient (Wildman–Crippen LogP) is 3.14. The number of aromatic nitrogens is 2. The highest BCUT2D eigenvalue weighted by Gasteiger charge is 2.21. The van der Waals surface area contributed by atoms with Crippen LogP contribution in [0.4, 0.5) is 0 Å². The maximum atomic E-state index is 12.1. The van der Waals surface area contributed by atoms with Crippen molar-refractivity contribution >= 4 is 33.3 Å². The van der Waals surface area contributed by atoms with Crippen molar-refractivity contribution in [1.82, 2.24) is 9.78 Å². The Balaban J connectivity index is 2.44. The van der Waals surface area contributed by atoms with Gasteiger partial charge in [0.25, 0.3) is 0 Å². The average molecular weight is 304 g/mol. The first kappa shape index (κ1) is 11.4. The molecule has 0 N–H and O–H groups in total. The van der Waals surface area contributed by atoms with Crippen LogP contribution in [0.5, 0.6) is 0 Å². The molecule has 0 spiro atoms. The predicted molar refractivity (Wildman–Crippen MR) is 62.8 cm³/mol. The van der Waals surface area contributed by atoms with Gasteiger partial charge in [-0.3, -0.25) is 9.48 Å². The number of carbonyl (C=O) groups excluding carboxylic acids is 1. The topological polar surface area (TPSA) is 48.0 Å². The molecule has 0 aromatic carbocycles. The minimum absolute atomic E-state index is 0.240. The molecule has 0 unspecified atom stereocenters. The molecule has 6 heteroatoms. The van der Waals surface area contributed by atoms with E-state index >= 15 is 0 Å². The van der Waals surface area contributed by atoms with Crippen LogP contribution in [0, 0.1) is 0 Å². The van der Waals surface area contributed by atoms with Crippen molar-refractivity contribution in [2.24, 2.45) is 0 Å². The van der Waals surface area contributed by atoms with Gasteiger partial charge in [0.15, 0.2) is 10.4 Å². The average Bonchev–Trinajstić information content (AvgIpc) is 2.83.